The smallest absolute Gasteiger partial charge is 0.381 e. The third-order valence-corrected chi connectivity index (χ3v) is 6.44. The second-order valence-corrected chi connectivity index (χ2v) is 8.04. The maximum Gasteiger partial charge on any atom is 0.417 e. The quantitative estimate of drug-likeness (QED) is 0.782. The lowest BCUT2D eigenvalue weighted by molar-refractivity contribution is -0.137. The molecule has 0 N–H and O–H groups in total. The zero-order valence-corrected chi connectivity index (χ0v) is 16.2. The van der Waals surface area contributed by atoms with Crippen LogP contribution in [-0.4, -0.2) is 79.3 Å². The molecule has 5 nitrogen and oxygen atoms in total. The van der Waals surface area contributed by atoms with E-state index in [1.807, 2.05) is 0 Å². The lowest BCUT2D eigenvalue weighted by Gasteiger charge is -2.45. The van der Waals surface area contributed by atoms with E-state index in [-0.39, 0.29) is 0 Å². The lowest BCUT2D eigenvalue weighted by Crippen LogP contribution is -2.54. The number of piperidine rings is 1. The van der Waals surface area contributed by atoms with Gasteiger partial charge in [-0.25, -0.2) is 4.98 Å². The molecule has 4 rings (SSSR count). The van der Waals surface area contributed by atoms with E-state index in [0.717, 1.165) is 77.6 Å². The van der Waals surface area contributed by atoms with Crippen molar-refractivity contribution in [1.82, 2.24) is 14.8 Å². The molecule has 1 aromatic heterocycles. The van der Waals surface area contributed by atoms with Crippen molar-refractivity contribution in [2.75, 3.05) is 57.4 Å². The SMILES string of the molecule is FC(F)(F)c1ccc(N2CCN(C3CCN(C4CCOCC4)CC3)CC2)nc1. The molecule has 0 amide bonds. The summed E-state index contributed by atoms with van der Waals surface area (Å²) in [5.74, 6) is 0.641. The summed E-state index contributed by atoms with van der Waals surface area (Å²) in [6.07, 6.45) is 1.33. The molecule has 156 valence electrons. The summed E-state index contributed by atoms with van der Waals surface area (Å²) in [4.78, 5) is 11.3. The van der Waals surface area contributed by atoms with Crippen LogP contribution in [0.1, 0.15) is 31.2 Å². The molecule has 0 spiro atoms. The molecule has 0 bridgehead atoms. The fourth-order valence-corrected chi connectivity index (χ4v) is 4.72. The van der Waals surface area contributed by atoms with E-state index >= 15 is 0 Å². The number of likely N-dealkylation sites (tertiary alicyclic amines) is 1. The monoisotopic (exact) mass is 398 g/mol. The number of rotatable bonds is 3. The number of piperazine rings is 1. The molecule has 3 saturated heterocycles. The Morgan fingerprint density at radius 1 is 0.821 bits per heavy atom. The molecule has 0 unspecified atom stereocenters. The normalized spacial score (nSPS) is 24.6. The van der Waals surface area contributed by atoms with E-state index in [1.54, 1.807) is 0 Å². The number of hydrogen-bond donors (Lipinski definition) is 0. The predicted octanol–water partition coefficient (Wildman–Crippen LogP) is 2.87. The summed E-state index contributed by atoms with van der Waals surface area (Å²) in [5.41, 5.74) is -0.689. The van der Waals surface area contributed by atoms with Crippen molar-refractivity contribution in [3.8, 4) is 0 Å². The first-order valence-corrected chi connectivity index (χ1v) is 10.3. The maximum absolute atomic E-state index is 12.7. The topological polar surface area (TPSA) is 31.8 Å². The highest BCUT2D eigenvalue weighted by atomic mass is 19.4. The molecule has 0 atom stereocenters. The molecule has 28 heavy (non-hydrogen) atoms. The van der Waals surface area contributed by atoms with Crippen molar-refractivity contribution in [2.24, 2.45) is 0 Å². The van der Waals surface area contributed by atoms with Gasteiger partial charge >= 0.3 is 6.18 Å². The minimum Gasteiger partial charge on any atom is -0.381 e. The number of anilines is 1. The number of alkyl halides is 3. The summed E-state index contributed by atoms with van der Waals surface area (Å²) in [6.45, 7) is 7.65. The average molecular weight is 398 g/mol. The number of pyridine rings is 1. The minimum atomic E-state index is -4.33. The minimum absolute atomic E-state index is 0.624. The van der Waals surface area contributed by atoms with Crippen molar-refractivity contribution in [3.05, 3.63) is 23.9 Å². The van der Waals surface area contributed by atoms with Crippen molar-refractivity contribution >= 4 is 5.82 Å². The molecule has 8 heteroatoms. The van der Waals surface area contributed by atoms with E-state index < -0.39 is 11.7 Å². The van der Waals surface area contributed by atoms with Crippen molar-refractivity contribution in [2.45, 2.75) is 43.9 Å². The molecule has 3 aliphatic heterocycles. The Bertz CT molecular complexity index is 617. The highest BCUT2D eigenvalue weighted by molar-refractivity contribution is 5.40. The Morgan fingerprint density at radius 3 is 2.00 bits per heavy atom. The van der Waals surface area contributed by atoms with E-state index in [1.165, 1.54) is 18.9 Å². The lowest BCUT2D eigenvalue weighted by atomic mass is 9.98. The molecule has 3 fully saturated rings. The van der Waals surface area contributed by atoms with Gasteiger partial charge in [-0.3, -0.25) is 4.90 Å². The molecule has 0 aromatic carbocycles. The van der Waals surface area contributed by atoms with E-state index in [4.69, 9.17) is 4.74 Å². The van der Waals surface area contributed by atoms with Crippen molar-refractivity contribution in [3.63, 3.8) is 0 Å². The zero-order valence-electron chi connectivity index (χ0n) is 16.2. The summed E-state index contributed by atoms with van der Waals surface area (Å²) < 4.78 is 43.6. The van der Waals surface area contributed by atoms with Crippen molar-refractivity contribution < 1.29 is 17.9 Å². The number of ether oxygens (including phenoxy) is 1. The molecule has 0 saturated carbocycles. The number of hydrogen-bond acceptors (Lipinski definition) is 5. The molecule has 0 radical (unpaired) electrons. The Labute approximate surface area is 164 Å². The fraction of sp³-hybridized carbons (Fsp3) is 0.750. The first-order valence-electron chi connectivity index (χ1n) is 10.3. The van der Waals surface area contributed by atoms with Gasteiger partial charge in [0.15, 0.2) is 0 Å². The third kappa shape index (κ3) is 4.60. The molecular formula is C20H29F3N4O. The van der Waals surface area contributed by atoms with Gasteiger partial charge in [-0.1, -0.05) is 0 Å². The van der Waals surface area contributed by atoms with Crippen LogP contribution in [0.25, 0.3) is 0 Å². The fourth-order valence-electron chi connectivity index (χ4n) is 4.72. The van der Waals surface area contributed by atoms with Crippen LogP contribution in [0.4, 0.5) is 19.0 Å². The van der Waals surface area contributed by atoms with Crippen molar-refractivity contribution in [1.29, 1.82) is 0 Å². The first kappa shape index (κ1) is 19.9. The van der Waals surface area contributed by atoms with Gasteiger partial charge in [0.2, 0.25) is 0 Å². The van der Waals surface area contributed by atoms with Gasteiger partial charge in [0, 0.05) is 57.7 Å². The Balaban J connectivity index is 1.24. The van der Waals surface area contributed by atoms with Crippen LogP contribution < -0.4 is 4.90 Å². The Hall–Kier alpha value is -1.38. The van der Waals surface area contributed by atoms with Crippen LogP contribution in [0, 0.1) is 0 Å². The molecule has 3 aliphatic rings. The van der Waals surface area contributed by atoms with E-state index in [2.05, 4.69) is 19.7 Å². The zero-order chi connectivity index (χ0) is 19.6. The standard InChI is InChI=1S/C20H29F3N4O/c21-20(22,23)16-1-2-19(24-15-16)27-11-9-26(10-12-27)17-3-7-25(8-4-17)18-5-13-28-14-6-18/h1-2,15,17-18H,3-14H2. The van der Waals surface area contributed by atoms with Crippen LogP contribution >= 0.6 is 0 Å². The summed E-state index contributed by atoms with van der Waals surface area (Å²) in [7, 11) is 0. The number of halogens is 3. The predicted molar refractivity (Wildman–Crippen MR) is 101 cm³/mol. The van der Waals surface area contributed by atoms with Gasteiger partial charge in [0.1, 0.15) is 5.82 Å². The average Bonchev–Trinajstić information content (AvgIpc) is 2.74. The second kappa shape index (κ2) is 8.55. The number of aromatic nitrogens is 1. The summed E-state index contributed by atoms with van der Waals surface area (Å²) >= 11 is 0. The van der Waals surface area contributed by atoms with Gasteiger partial charge in [-0.2, -0.15) is 13.2 Å². The second-order valence-electron chi connectivity index (χ2n) is 8.04. The van der Waals surface area contributed by atoms with Gasteiger partial charge in [0.25, 0.3) is 0 Å². The molecular weight excluding hydrogens is 369 g/mol. The number of nitrogens with zero attached hydrogens (tertiary/aromatic N) is 4. The molecule has 0 aliphatic carbocycles. The van der Waals surface area contributed by atoms with Crippen LogP contribution in [-0.2, 0) is 10.9 Å². The first-order chi connectivity index (χ1) is 13.5. The van der Waals surface area contributed by atoms with Crippen LogP contribution in [0.15, 0.2) is 18.3 Å². The van der Waals surface area contributed by atoms with Gasteiger partial charge in [-0.05, 0) is 50.9 Å². The highest BCUT2D eigenvalue weighted by Crippen LogP contribution is 2.30. The molecule has 4 heterocycles. The van der Waals surface area contributed by atoms with Crippen LogP contribution in [0.2, 0.25) is 0 Å². The Kier molecular flexibility index (Phi) is 6.08. The summed E-state index contributed by atoms with van der Waals surface area (Å²) in [6, 6.07) is 3.93. The van der Waals surface area contributed by atoms with Crippen LogP contribution in [0.5, 0.6) is 0 Å². The van der Waals surface area contributed by atoms with Gasteiger partial charge in [-0.15, -0.1) is 0 Å². The van der Waals surface area contributed by atoms with Gasteiger partial charge < -0.3 is 14.5 Å². The maximum atomic E-state index is 12.7. The van der Waals surface area contributed by atoms with E-state index in [0.29, 0.717) is 17.9 Å². The Morgan fingerprint density at radius 2 is 1.43 bits per heavy atom. The summed E-state index contributed by atoms with van der Waals surface area (Å²) in [5, 5.41) is 0. The van der Waals surface area contributed by atoms with Crippen LogP contribution in [0.3, 0.4) is 0 Å². The third-order valence-electron chi connectivity index (χ3n) is 6.44. The van der Waals surface area contributed by atoms with E-state index in [9.17, 15) is 13.2 Å². The highest BCUT2D eigenvalue weighted by Gasteiger charge is 2.32. The largest absolute Gasteiger partial charge is 0.417 e. The van der Waals surface area contributed by atoms with Gasteiger partial charge in [0.05, 0.1) is 5.56 Å². The molecule has 1 aromatic rings.